The van der Waals surface area contributed by atoms with E-state index in [2.05, 4.69) is 5.32 Å². The Kier molecular flexibility index (Phi) is 4.62. The summed E-state index contributed by atoms with van der Waals surface area (Å²) >= 11 is 0. The van der Waals surface area contributed by atoms with Crippen LogP contribution >= 0.6 is 0 Å². The molecule has 3 rings (SSSR count). The summed E-state index contributed by atoms with van der Waals surface area (Å²) in [6.45, 7) is 8.39. The van der Waals surface area contributed by atoms with Gasteiger partial charge in [-0.25, -0.2) is 0 Å². The van der Waals surface area contributed by atoms with Crippen molar-refractivity contribution in [1.82, 2.24) is 0 Å². The molecule has 0 radical (unpaired) electrons. The molecule has 1 heterocycles. The van der Waals surface area contributed by atoms with Gasteiger partial charge in [0, 0.05) is 24.3 Å². The maximum Gasteiger partial charge on any atom is 0.229 e. The minimum absolute atomic E-state index is 0.0130. The fourth-order valence-corrected chi connectivity index (χ4v) is 3.57. The molecule has 0 saturated carbocycles. The van der Waals surface area contributed by atoms with Gasteiger partial charge in [0.25, 0.3) is 0 Å². The SMILES string of the molecule is Cc1cccc(C)c1NC(=O)[C@H]1CC(=O)N(c2c(C)cccc2C)C1. The third kappa shape index (κ3) is 3.29. The van der Waals surface area contributed by atoms with Gasteiger partial charge in [-0.2, -0.15) is 0 Å². The Labute approximate surface area is 148 Å². The lowest BCUT2D eigenvalue weighted by molar-refractivity contribution is -0.122. The Morgan fingerprint density at radius 3 is 2.04 bits per heavy atom. The van der Waals surface area contributed by atoms with E-state index < -0.39 is 0 Å². The predicted octanol–water partition coefficient (Wildman–Crippen LogP) is 3.91. The average molecular weight is 336 g/mol. The fourth-order valence-electron chi connectivity index (χ4n) is 3.57. The number of rotatable bonds is 3. The highest BCUT2D eigenvalue weighted by Gasteiger charge is 2.36. The summed E-state index contributed by atoms with van der Waals surface area (Å²) in [7, 11) is 0. The number of benzene rings is 2. The number of hydrogen-bond acceptors (Lipinski definition) is 2. The first-order valence-electron chi connectivity index (χ1n) is 8.62. The summed E-state index contributed by atoms with van der Waals surface area (Å²) in [5.74, 6) is -0.399. The molecule has 1 atom stereocenters. The summed E-state index contributed by atoms with van der Waals surface area (Å²) in [6, 6.07) is 11.9. The van der Waals surface area contributed by atoms with Crippen LogP contribution in [0.15, 0.2) is 36.4 Å². The van der Waals surface area contributed by atoms with Gasteiger partial charge in [-0.1, -0.05) is 36.4 Å². The van der Waals surface area contributed by atoms with Crippen molar-refractivity contribution in [3.63, 3.8) is 0 Å². The van der Waals surface area contributed by atoms with Crippen molar-refractivity contribution in [2.75, 3.05) is 16.8 Å². The Hall–Kier alpha value is -2.62. The van der Waals surface area contributed by atoms with Gasteiger partial charge in [0.2, 0.25) is 11.8 Å². The molecule has 1 N–H and O–H groups in total. The lowest BCUT2D eigenvalue weighted by Gasteiger charge is -2.21. The van der Waals surface area contributed by atoms with Crippen LogP contribution in [0.1, 0.15) is 28.7 Å². The molecule has 1 saturated heterocycles. The molecule has 2 aromatic rings. The fraction of sp³-hybridized carbons (Fsp3) is 0.333. The van der Waals surface area contributed by atoms with E-state index in [0.29, 0.717) is 6.54 Å². The Morgan fingerprint density at radius 2 is 1.48 bits per heavy atom. The quantitative estimate of drug-likeness (QED) is 0.924. The smallest absolute Gasteiger partial charge is 0.229 e. The van der Waals surface area contributed by atoms with Crippen molar-refractivity contribution < 1.29 is 9.59 Å². The van der Waals surface area contributed by atoms with Gasteiger partial charge in [0.1, 0.15) is 0 Å². The highest BCUT2D eigenvalue weighted by atomic mass is 16.2. The van der Waals surface area contributed by atoms with Crippen LogP contribution in [0.2, 0.25) is 0 Å². The summed E-state index contributed by atoms with van der Waals surface area (Å²) in [5.41, 5.74) is 5.97. The molecule has 2 amide bonds. The highest BCUT2D eigenvalue weighted by Crippen LogP contribution is 2.31. The van der Waals surface area contributed by atoms with Crippen LogP contribution in [0, 0.1) is 33.6 Å². The highest BCUT2D eigenvalue weighted by molar-refractivity contribution is 6.04. The number of carbonyl (C=O) groups excluding carboxylic acids is 2. The van der Waals surface area contributed by atoms with E-state index in [1.807, 2.05) is 64.1 Å². The first kappa shape index (κ1) is 17.2. The summed E-state index contributed by atoms with van der Waals surface area (Å²) < 4.78 is 0. The molecule has 0 unspecified atom stereocenters. The van der Waals surface area contributed by atoms with Crippen molar-refractivity contribution in [1.29, 1.82) is 0 Å². The van der Waals surface area contributed by atoms with Gasteiger partial charge in [-0.3, -0.25) is 9.59 Å². The topological polar surface area (TPSA) is 49.4 Å². The molecule has 0 aromatic heterocycles. The molecule has 0 spiro atoms. The number of hydrogen-bond donors (Lipinski definition) is 1. The normalized spacial score (nSPS) is 17.0. The van der Waals surface area contributed by atoms with E-state index >= 15 is 0 Å². The second-order valence-corrected chi connectivity index (χ2v) is 6.90. The molecule has 1 aliphatic rings. The Balaban J connectivity index is 1.80. The molecule has 130 valence electrons. The monoisotopic (exact) mass is 336 g/mol. The number of carbonyl (C=O) groups is 2. The maximum absolute atomic E-state index is 12.7. The molecule has 0 aliphatic carbocycles. The lowest BCUT2D eigenvalue weighted by Crippen LogP contribution is -2.29. The predicted molar refractivity (Wildman–Crippen MR) is 101 cm³/mol. The molecule has 2 aromatic carbocycles. The molecular formula is C21H24N2O2. The van der Waals surface area contributed by atoms with Gasteiger partial charge >= 0.3 is 0 Å². The second-order valence-electron chi connectivity index (χ2n) is 6.90. The van der Waals surface area contributed by atoms with Gasteiger partial charge in [0.15, 0.2) is 0 Å². The van der Waals surface area contributed by atoms with Crippen LogP contribution < -0.4 is 10.2 Å². The third-order valence-electron chi connectivity index (χ3n) is 4.93. The first-order chi connectivity index (χ1) is 11.9. The molecule has 0 bridgehead atoms. The van der Waals surface area contributed by atoms with E-state index in [4.69, 9.17) is 0 Å². The van der Waals surface area contributed by atoms with Gasteiger partial charge in [-0.05, 0) is 49.9 Å². The van der Waals surface area contributed by atoms with Gasteiger partial charge in [0.05, 0.1) is 5.92 Å². The number of para-hydroxylation sites is 2. The van der Waals surface area contributed by atoms with Crippen LogP contribution in [-0.4, -0.2) is 18.4 Å². The van der Waals surface area contributed by atoms with Crippen LogP contribution in [0.3, 0.4) is 0 Å². The minimum Gasteiger partial charge on any atom is -0.325 e. The van der Waals surface area contributed by atoms with Crippen LogP contribution in [0.4, 0.5) is 11.4 Å². The zero-order valence-corrected chi connectivity index (χ0v) is 15.2. The van der Waals surface area contributed by atoms with Crippen LogP contribution in [0.25, 0.3) is 0 Å². The van der Waals surface area contributed by atoms with E-state index in [1.165, 1.54) is 0 Å². The van der Waals surface area contributed by atoms with Crippen molar-refractivity contribution in [3.05, 3.63) is 58.7 Å². The van der Waals surface area contributed by atoms with Crippen molar-refractivity contribution in [3.8, 4) is 0 Å². The molecule has 25 heavy (non-hydrogen) atoms. The van der Waals surface area contributed by atoms with E-state index in [-0.39, 0.29) is 24.2 Å². The van der Waals surface area contributed by atoms with Crippen LogP contribution in [-0.2, 0) is 9.59 Å². The van der Waals surface area contributed by atoms with Crippen molar-refractivity contribution in [2.45, 2.75) is 34.1 Å². The van der Waals surface area contributed by atoms with E-state index in [9.17, 15) is 9.59 Å². The zero-order valence-electron chi connectivity index (χ0n) is 15.2. The number of amides is 2. The maximum atomic E-state index is 12.7. The first-order valence-corrected chi connectivity index (χ1v) is 8.62. The minimum atomic E-state index is -0.328. The standard InChI is InChI=1S/C21H24N2O2/c1-13-7-5-8-14(2)19(13)22-21(25)17-11-18(24)23(12-17)20-15(3)9-6-10-16(20)4/h5-10,17H,11-12H2,1-4H3,(H,22,25)/t17-/m0/s1. The van der Waals surface area contributed by atoms with E-state index in [1.54, 1.807) is 4.90 Å². The Morgan fingerprint density at radius 1 is 0.960 bits per heavy atom. The third-order valence-corrected chi connectivity index (χ3v) is 4.93. The number of aryl methyl sites for hydroxylation is 4. The largest absolute Gasteiger partial charge is 0.325 e. The summed E-state index contributed by atoms with van der Waals surface area (Å²) in [5, 5.41) is 3.02. The Bertz CT molecular complexity index is 801. The lowest BCUT2D eigenvalue weighted by atomic mass is 10.1. The van der Waals surface area contributed by atoms with E-state index in [0.717, 1.165) is 33.6 Å². The van der Waals surface area contributed by atoms with Crippen molar-refractivity contribution >= 4 is 23.2 Å². The van der Waals surface area contributed by atoms with Gasteiger partial charge < -0.3 is 10.2 Å². The molecule has 4 nitrogen and oxygen atoms in total. The molecular weight excluding hydrogens is 312 g/mol. The van der Waals surface area contributed by atoms with Gasteiger partial charge in [-0.15, -0.1) is 0 Å². The number of anilines is 2. The van der Waals surface area contributed by atoms with Crippen molar-refractivity contribution in [2.24, 2.45) is 5.92 Å². The molecule has 1 aliphatic heterocycles. The number of nitrogens with one attached hydrogen (secondary N) is 1. The number of nitrogens with zero attached hydrogens (tertiary/aromatic N) is 1. The second kappa shape index (κ2) is 6.71. The van der Waals surface area contributed by atoms with Crippen LogP contribution in [0.5, 0.6) is 0 Å². The molecule has 4 heteroatoms. The summed E-state index contributed by atoms with van der Waals surface area (Å²) in [4.78, 5) is 27.0. The molecule has 1 fully saturated rings. The zero-order chi connectivity index (χ0) is 18.1. The average Bonchev–Trinajstić information content (AvgIpc) is 2.93. The summed E-state index contributed by atoms with van der Waals surface area (Å²) in [6.07, 6.45) is 0.255.